The van der Waals surface area contributed by atoms with Gasteiger partial charge in [-0.1, -0.05) is 78.0 Å². The number of rotatable bonds is 11. The summed E-state index contributed by atoms with van der Waals surface area (Å²) in [6.07, 6.45) is 6.42. The molecule has 6 heteroatoms. The Labute approximate surface area is 183 Å². The highest BCUT2D eigenvalue weighted by Crippen LogP contribution is 2.16. The SMILES string of the molecule is CCOC(=O)C=C[C@H](Cc1ccccc1)N(Cc1ccccc1)C(=O)C=CC(C)N=O. The molecular formula is C25H28N2O4. The molecule has 0 aliphatic carbocycles. The van der Waals surface area contributed by atoms with Gasteiger partial charge in [-0.25, -0.2) is 4.79 Å². The molecule has 0 spiro atoms. The number of esters is 1. The maximum atomic E-state index is 13.1. The number of carbonyl (C=O) groups excluding carboxylic acids is 2. The Kier molecular flexibility index (Phi) is 9.88. The van der Waals surface area contributed by atoms with Crippen molar-refractivity contribution < 1.29 is 14.3 Å². The summed E-state index contributed by atoms with van der Waals surface area (Å²) in [5, 5.41) is 2.91. The first-order valence-electron chi connectivity index (χ1n) is 10.3. The second kappa shape index (κ2) is 12.9. The molecule has 31 heavy (non-hydrogen) atoms. The normalized spacial score (nSPS) is 13.1. The topological polar surface area (TPSA) is 76.0 Å². The van der Waals surface area contributed by atoms with Gasteiger partial charge < -0.3 is 9.64 Å². The molecule has 2 aromatic rings. The van der Waals surface area contributed by atoms with Crippen LogP contribution in [0.25, 0.3) is 0 Å². The van der Waals surface area contributed by atoms with E-state index in [1.807, 2.05) is 60.7 Å². The number of nitrogens with zero attached hydrogens (tertiary/aromatic N) is 2. The Balaban J connectivity index is 2.38. The average Bonchev–Trinajstić information content (AvgIpc) is 2.80. The monoisotopic (exact) mass is 420 g/mol. The van der Waals surface area contributed by atoms with Crippen molar-refractivity contribution in [3.05, 3.63) is 101 Å². The summed E-state index contributed by atoms with van der Waals surface area (Å²) in [5.74, 6) is -0.726. The third-order valence-electron chi connectivity index (χ3n) is 4.59. The van der Waals surface area contributed by atoms with E-state index in [4.69, 9.17) is 4.74 Å². The van der Waals surface area contributed by atoms with E-state index in [2.05, 4.69) is 5.18 Å². The standard InChI is InChI=1S/C25H28N2O4/c1-3-31-25(29)17-15-23(18-21-10-6-4-7-11-21)27(19-22-12-8-5-9-13-22)24(28)16-14-20(2)26-30/h4-17,20,23H,3,18-19H2,1-2H3/t20?,23-/m1/s1. The molecule has 0 bridgehead atoms. The zero-order chi connectivity index (χ0) is 22.5. The summed E-state index contributed by atoms with van der Waals surface area (Å²) in [6.45, 7) is 3.97. The number of amides is 1. The smallest absolute Gasteiger partial charge is 0.330 e. The van der Waals surface area contributed by atoms with Gasteiger partial charge in [-0.15, -0.1) is 0 Å². The summed E-state index contributed by atoms with van der Waals surface area (Å²) >= 11 is 0. The van der Waals surface area contributed by atoms with E-state index in [1.54, 1.807) is 24.8 Å². The van der Waals surface area contributed by atoms with Gasteiger partial charge in [0.25, 0.3) is 0 Å². The van der Waals surface area contributed by atoms with Gasteiger partial charge in [0.05, 0.1) is 12.6 Å². The molecule has 0 radical (unpaired) electrons. The Morgan fingerprint density at radius 2 is 1.58 bits per heavy atom. The number of nitroso groups, excluding NO2 is 1. The van der Waals surface area contributed by atoms with Gasteiger partial charge in [-0.3, -0.25) is 4.79 Å². The van der Waals surface area contributed by atoms with Crippen molar-refractivity contribution in [1.29, 1.82) is 0 Å². The molecule has 6 nitrogen and oxygen atoms in total. The van der Waals surface area contributed by atoms with E-state index in [1.165, 1.54) is 18.2 Å². The summed E-state index contributed by atoms with van der Waals surface area (Å²) in [4.78, 5) is 37.4. The van der Waals surface area contributed by atoms with E-state index < -0.39 is 18.1 Å². The fourth-order valence-electron chi connectivity index (χ4n) is 3.01. The van der Waals surface area contributed by atoms with E-state index in [0.29, 0.717) is 13.0 Å². The quantitative estimate of drug-likeness (QED) is 0.306. The molecule has 0 saturated carbocycles. The lowest BCUT2D eigenvalue weighted by Gasteiger charge is -2.29. The van der Waals surface area contributed by atoms with Crippen molar-refractivity contribution in [2.24, 2.45) is 5.18 Å². The van der Waals surface area contributed by atoms with Crippen molar-refractivity contribution in [2.45, 2.75) is 38.9 Å². The molecule has 2 atom stereocenters. The summed E-state index contributed by atoms with van der Waals surface area (Å²) < 4.78 is 5.00. The van der Waals surface area contributed by atoms with Gasteiger partial charge in [0.2, 0.25) is 5.91 Å². The molecule has 2 aromatic carbocycles. The van der Waals surface area contributed by atoms with Crippen LogP contribution in [-0.4, -0.2) is 35.5 Å². The third-order valence-corrected chi connectivity index (χ3v) is 4.59. The largest absolute Gasteiger partial charge is 0.463 e. The van der Waals surface area contributed by atoms with Crippen LogP contribution in [0.2, 0.25) is 0 Å². The van der Waals surface area contributed by atoms with Crippen LogP contribution in [0.15, 0.2) is 90.1 Å². The van der Waals surface area contributed by atoms with Gasteiger partial charge in [-0.05, 0) is 31.4 Å². The molecule has 0 aliphatic heterocycles. The maximum Gasteiger partial charge on any atom is 0.330 e. The highest BCUT2D eigenvalue weighted by Gasteiger charge is 2.21. The van der Waals surface area contributed by atoms with Gasteiger partial charge in [0.15, 0.2) is 0 Å². The van der Waals surface area contributed by atoms with E-state index >= 15 is 0 Å². The van der Waals surface area contributed by atoms with Crippen LogP contribution < -0.4 is 0 Å². The summed E-state index contributed by atoms with van der Waals surface area (Å²) in [6, 6.07) is 18.3. The molecule has 0 aromatic heterocycles. The van der Waals surface area contributed by atoms with Crippen LogP contribution in [0.4, 0.5) is 0 Å². The number of hydrogen-bond donors (Lipinski definition) is 0. The third kappa shape index (κ3) is 8.38. The van der Waals surface area contributed by atoms with Gasteiger partial charge in [-0.2, -0.15) is 4.91 Å². The molecule has 0 aliphatic rings. The summed E-state index contributed by atoms with van der Waals surface area (Å²) in [5.41, 5.74) is 1.98. The first-order chi connectivity index (χ1) is 15.0. The molecule has 0 saturated heterocycles. The Bertz CT molecular complexity index is 894. The van der Waals surface area contributed by atoms with Gasteiger partial charge in [0, 0.05) is 18.7 Å². The van der Waals surface area contributed by atoms with Crippen molar-refractivity contribution in [2.75, 3.05) is 6.61 Å². The average molecular weight is 421 g/mol. The zero-order valence-electron chi connectivity index (χ0n) is 17.9. The maximum absolute atomic E-state index is 13.1. The second-order valence-corrected chi connectivity index (χ2v) is 7.03. The van der Waals surface area contributed by atoms with Gasteiger partial charge in [0.1, 0.15) is 6.04 Å². The van der Waals surface area contributed by atoms with E-state index in [0.717, 1.165) is 11.1 Å². The fraction of sp³-hybridized carbons (Fsp3) is 0.280. The van der Waals surface area contributed by atoms with Crippen LogP contribution in [0.1, 0.15) is 25.0 Å². The highest BCUT2D eigenvalue weighted by molar-refractivity contribution is 5.88. The Morgan fingerprint density at radius 3 is 2.16 bits per heavy atom. The van der Waals surface area contributed by atoms with Crippen LogP contribution in [-0.2, 0) is 27.3 Å². The van der Waals surface area contributed by atoms with Crippen LogP contribution in [0.5, 0.6) is 0 Å². The van der Waals surface area contributed by atoms with Crippen molar-refractivity contribution >= 4 is 11.9 Å². The fourth-order valence-corrected chi connectivity index (χ4v) is 3.01. The Morgan fingerprint density at radius 1 is 0.968 bits per heavy atom. The highest BCUT2D eigenvalue weighted by atomic mass is 16.5. The van der Waals surface area contributed by atoms with Crippen LogP contribution in [0, 0.1) is 4.91 Å². The molecule has 0 N–H and O–H groups in total. The predicted octanol–water partition coefficient (Wildman–Crippen LogP) is 4.46. The Hall–Kier alpha value is -3.54. The van der Waals surface area contributed by atoms with Crippen molar-refractivity contribution in [3.63, 3.8) is 0 Å². The number of carbonyl (C=O) groups is 2. The lowest BCUT2D eigenvalue weighted by molar-refractivity contribution is -0.137. The van der Waals surface area contributed by atoms with E-state index in [9.17, 15) is 14.5 Å². The van der Waals surface area contributed by atoms with Crippen LogP contribution in [0.3, 0.4) is 0 Å². The molecule has 2 rings (SSSR count). The molecule has 1 unspecified atom stereocenters. The lowest BCUT2D eigenvalue weighted by Crippen LogP contribution is -2.39. The number of benzene rings is 2. The number of ether oxygens (including phenoxy) is 1. The minimum absolute atomic E-state index is 0.270. The predicted molar refractivity (Wildman–Crippen MR) is 121 cm³/mol. The molecule has 0 fully saturated rings. The zero-order valence-corrected chi connectivity index (χ0v) is 17.9. The van der Waals surface area contributed by atoms with Crippen LogP contribution >= 0.6 is 0 Å². The van der Waals surface area contributed by atoms with E-state index in [-0.39, 0.29) is 12.5 Å². The first kappa shape index (κ1) is 23.7. The molecule has 1 amide bonds. The number of hydrogen-bond acceptors (Lipinski definition) is 5. The van der Waals surface area contributed by atoms with Crippen molar-refractivity contribution in [1.82, 2.24) is 4.90 Å². The van der Waals surface area contributed by atoms with Gasteiger partial charge >= 0.3 is 5.97 Å². The molecule has 0 heterocycles. The second-order valence-electron chi connectivity index (χ2n) is 7.03. The lowest BCUT2D eigenvalue weighted by atomic mass is 10.0. The minimum atomic E-state index is -0.606. The minimum Gasteiger partial charge on any atom is -0.463 e. The van der Waals surface area contributed by atoms with Crippen molar-refractivity contribution in [3.8, 4) is 0 Å². The first-order valence-corrected chi connectivity index (χ1v) is 10.3. The molecule has 162 valence electrons. The summed E-state index contributed by atoms with van der Waals surface area (Å²) in [7, 11) is 0. The molecular weight excluding hydrogens is 392 g/mol.